The molecule has 0 N–H and O–H groups in total. The van der Waals surface area contributed by atoms with Crippen molar-refractivity contribution in [1.29, 1.82) is 0 Å². The molecule has 0 aliphatic heterocycles. The lowest BCUT2D eigenvalue weighted by molar-refractivity contribution is -0.385. The number of rotatable bonds is 1. The summed E-state index contributed by atoms with van der Waals surface area (Å²) < 4.78 is 0.182. The van der Waals surface area contributed by atoms with Gasteiger partial charge < -0.3 is 0 Å². The van der Waals surface area contributed by atoms with E-state index in [0.29, 0.717) is 5.56 Å². The van der Waals surface area contributed by atoms with Crippen molar-refractivity contribution in [3.63, 3.8) is 0 Å². The van der Waals surface area contributed by atoms with Gasteiger partial charge in [0.2, 0.25) is 0 Å². The van der Waals surface area contributed by atoms with E-state index >= 15 is 0 Å². The van der Waals surface area contributed by atoms with Gasteiger partial charge in [0.1, 0.15) is 0 Å². The summed E-state index contributed by atoms with van der Waals surface area (Å²) in [6, 6.07) is 8.94. The van der Waals surface area contributed by atoms with E-state index < -0.39 is 4.92 Å². The first-order valence-electron chi connectivity index (χ1n) is 5.67. The number of fused-ring (bicyclic) bond motifs is 2. The molecule has 6 heteroatoms. The molecule has 1 aliphatic rings. The normalized spacial score (nSPS) is 12.8. The van der Waals surface area contributed by atoms with Gasteiger partial charge in [-0.25, -0.2) is 0 Å². The lowest BCUT2D eigenvalue weighted by Crippen LogP contribution is -2.21. The molecule has 0 amide bonds. The highest BCUT2D eigenvalue weighted by Gasteiger charge is 2.32. The monoisotopic (exact) mass is 331 g/mol. The fourth-order valence-electron chi connectivity index (χ4n) is 2.25. The zero-order valence-electron chi connectivity index (χ0n) is 9.92. The minimum atomic E-state index is -0.595. The molecule has 0 saturated heterocycles. The third-order valence-corrected chi connectivity index (χ3v) is 3.82. The highest BCUT2D eigenvalue weighted by Crippen LogP contribution is 2.34. The van der Waals surface area contributed by atoms with Crippen LogP contribution in [0.5, 0.6) is 0 Å². The topological polar surface area (TPSA) is 77.3 Å². The Labute approximate surface area is 121 Å². The van der Waals surface area contributed by atoms with Crippen molar-refractivity contribution in [1.82, 2.24) is 0 Å². The van der Waals surface area contributed by atoms with Crippen molar-refractivity contribution in [3.05, 3.63) is 73.2 Å². The highest BCUT2D eigenvalue weighted by atomic mass is 79.9. The third-order valence-electron chi connectivity index (χ3n) is 3.19. The van der Waals surface area contributed by atoms with E-state index in [1.807, 2.05) is 0 Å². The van der Waals surface area contributed by atoms with Gasteiger partial charge in [-0.05, 0) is 22.0 Å². The molecular formula is C14H6BrNO4. The first kappa shape index (κ1) is 12.7. The smallest absolute Gasteiger partial charge is 0.284 e. The van der Waals surface area contributed by atoms with Crippen LogP contribution in [0.3, 0.4) is 0 Å². The molecule has 2 aromatic rings. The molecule has 0 spiro atoms. The number of nitro benzene ring substituents is 1. The van der Waals surface area contributed by atoms with Crippen LogP contribution in [0.15, 0.2) is 40.9 Å². The summed E-state index contributed by atoms with van der Waals surface area (Å²) in [5.74, 6) is -0.670. The number of hydrogen-bond donors (Lipinski definition) is 0. The zero-order chi connectivity index (χ0) is 14.4. The summed E-state index contributed by atoms with van der Waals surface area (Å²) in [4.78, 5) is 35.0. The molecule has 0 bridgehead atoms. The number of carbonyl (C=O) groups excluding carboxylic acids is 2. The molecule has 98 valence electrons. The molecule has 0 fully saturated rings. The molecule has 3 rings (SSSR count). The fourth-order valence-corrected chi connectivity index (χ4v) is 2.73. The van der Waals surface area contributed by atoms with E-state index in [2.05, 4.69) is 15.9 Å². The maximum Gasteiger partial charge on any atom is 0.284 e. The van der Waals surface area contributed by atoms with Gasteiger partial charge >= 0.3 is 0 Å². The number of ketones is 2. The van der Waals surface area contributed by atoms with Crippen molar-refractivity contribution < 1.29 is 14.5 Å². The molecule has 0 aromatic heterocycles. The van der Waals surface area contributed by atoms with Gasteiger partial charge in [0.05, 0.1) is 9.40 Å². The van der Waals surface area contributed by atoms with Crippen LogP contribution < -0.4 is 0 Å². The van der Waals surface area contributed by atoms with Gasteiger partial charge in [-0.3, -0.25) is 19.7 Å². The molecular weight excluding hydrogens is 326 g/mol. The van der Waals surface area contributed by atoms with Crippen LogP contribution in [0.25, 0.3) is 0 Å². The molecule has 0 saturated carbocycles. The average molecular weight is 332 g/mol. The van der Waals surface area contributed by atoms with Gasteiger partial charge in [0.25, 0.3) is 5.69 Å². The number of halogens is 1. The summed E-state index contributed by atoms with van der Waals surface area (Å²) in [5.41, 5.74) is 0.631. The number of nitrogens with zero attached hydrogens (tertiary/aromatic N) is 1. The molecule has 0 heterocycles. The summed E-state index contributed by atoms with van der Waals surface area (Å²) in [7, 11) is 0. The maximum atomic E-state index is 12.3. The Kier molecular flexibility index (Phi) is 2.76. The van der Waals surface area contributed by atoms with Gasteiger partial charge in [-0.1, -0.05) is 24.3 Å². The Morgan fingerprint density at radius 2 is 1.40 bits per heavy atom. The SMILES string of the molecule is O=C1c2ccccc2C(=O)c2cc([N+](=O)[O-])c(Br)cc21. The summed E-state index contributed by atoms with van der Waals surface area (Å²) in [6.07, 6.45) is 0. The highest BCUT2D eigenvalue weighted by molar-refractivity contribution is 9.10. The summed E-state index contributed by atoms with van der Waals surface area (Å²) in [6.45, 7) is 0. The molecule has 0 atom stereocenters. The number of carbonyl (C=O) groups is 2. The van der Waals surface area contributed by atoms with Crippen molar-refractivity contribution in [2.45, 2.75) is 0 Å². The Morgan fingerprint density at radius 1 is 0.900 bits per heavy atom. The van der Waals surface area contributed by atoms with Crippen molar-refractivity contribution >= 4 is 33.2 Å². The fraction of sp³-hybridized carbons (Fsp3) is 0. The molecule has 1 aliphatic carbocycles. The third kappa shape index (κ3) is 1.69. The van der Waals surface area contributed by atoms with Crippen LogP contribution in [0.1, 0.15) is 31.8 Å². The maximum absolute atomic E-state index is 12.3. The molecule has 5 nitrogen and oxygen atoms in total. The van der Waals surface area contributed by atoms with Crippen LogP contribution in [-0.2, 0) is 0 Å². The summed E-state index contributed by atoms with van der Waals surface area (Å²) >= 11 is 3.06. The minimum absolute atomic E-state index is 0.0728. The van der Waals surface area contributed by atoms with E-state index in [1.54, 1.807) is 24.3 Å². The number of nitro groups is 1. The molecule has 0 unspecified atom stereocenters. The van der Waals surface area contributed by atoms with Crippen LogP contribution >= 0.6 is 15.9 Å². The molecule has 0 radical (unpaired) electrons. The quantitative estimate of drug-likeness (QED) is 0.507. The average Bonchev–Trinajstić information content (AvgIpc) is 2.44. The van der Waals surface area contributed by atoms with Crippen LogP contribution in [0.4, 0.5) is 5.69 Å². The lowest BCUT2D eigenvalue weighted by atomic mass is 9.84. The standard InChI is InChI=1S/C14H6BrNO4/c15-11-5-9-10(6-12(11)16(19)20)14(18)8-4-2-1-3-7(8)13(9)17/h1-6H. The van der Waals surface area contributed by atoms with Crippen LogP contribution in [0.2, 0.25) is 0 Å². The van der Waals surface area contributed by atoms with E-state index in [-0.39, 0.29) is 38.4 Å². The summed E-state index contributed by atoms with van der Waals surface area (Å²) in [5, 5.41) is 10.9. The Hall–Kier alpha value is -2.34. The number of benzene rings is 2. The van der Waals surface area contributed by atoms with Crippen LogP contribution in [-0.4, -0.2) is 16.5 Å². The largest absolute Gasteiger partial charge is 0.289 e. The Morgan fingerprint density at radius 3 is 1.90 bits per heavy atom. The van der Waals surface area contributed by atoms with E-state index in [1.165, 1.54) is 6.07 Å². The Bertz CT molecular complexity index is 798. The van der Waals surface area contributed by atoms with Crippen molar-refractivity contribution in [3.8, 4) is 0 Å². The second-order valence-electron chi connectivity index (χ2n) is 4.31. The first-order valence-corrected chi connectivity index (χ1v) is 6.46. The van der Waals surface area contributed by atoms with Gasteiger partial charge in [0, 0.05) is 28.3 Å². The first-order chi connectivity index (χ1) is 9.50. The van der Waals surface area contributed by atoms with Gasteiger partial charge in [-0.15, -0.1) is 0 Å². The van der Waals surface area contributed by atoms with Gasteiger partial charge in [-0.2, -0.15) is 0 Å². The predicted octanol–water partition coefficient (Wildman–Crippen LogP) is 3.13. The van der Waals surface area contributed by atoms with Crippen molar-refractivity contribution in [2.24, 2.45) is 0 Å². The van der Waals surface area contributed by atoms with Crippen LogP contribution in [0, 0.1) is 10.1 Å². The van der Waals surface area contributed by atoms with Gasteiger partial charge in [0.15, 0.2) is 11.6 Å². The van der Waals surface area contributed by atoms with E-state index in [4.69, 9.17) is 0 Å². The second-order valence-corrected chi connectivity index (χ2v) is 5.16. The predicted molar refractivity (Wildman–Crippen MR) is 74.1 cm³/mol. The number of hydrogen-bond acceptors (Lipinski definition) is 4. The zero-order valence-corrected chi connectivity index (χ0v) is 11.5. The molecule has 2 aromatic carbocycles. The van der Waals surface area contributed by atoms with Crippen molar-refractivity contribution in [2.75, 3.05) is 0 Å². The second kappa shape index (κ2) is 4.35. The van der Waals surface area contributed by atoms with E-state index in [9.17, 15) is 19.7 Å². The lowest BCUT2D eigenvalue weighted by Gasteiger charge is -2.17. The Balaban J connectivity index is 2.31. The molecule has 20 heavy (non-hydrogen) atoms. The minimum Gasteiger partial charge on any atom is -0.289 e. The van der Waals surface area contributed by atoms with E-state index in [0.717, 1.165) is 6.07 Å².